The van der Waals surface area contributed by atoms with Gasteiger partial charge in [0.15, 0.2) is 6.29 Å². The van der Waals surface area contributed by atoms with E-state index in [0.717, 1.165) is 30.5 Å². The van der Waals surface area contributed by atoms with Crippen LogP contribution in [-0.2, 0) is 0 Å². The lowest BCUT2D eigenvalue weighted by Gasteiger charge is -2.14. The summed E-state index contributed by atoms with van der Waals surface area (Å²) >= 11 is 0. The number of rotatable bonds is 5. The maximum Gasteiger partial charge on any atom is 0.172 e. The number of benzene rings is 1. The largest absolute Gasteiger partial charge is 0.296 e. The summed E-state index contributed by atoms with van der Waals surface area (Å²) < 4.78 is 1.78. The summed E-state index contributed by atoms with van der Waals surface area (Å²) in [6.45, 7) is 4.23. The third kappa shape index (κ3) is 2.18. The highest BCUT2D eigenvalue weighted by Crippen LogP contribution is 2.26. The first kappa shape index (κ1) is 12.5. The first-order chi connectivity index (χ1) is 8.81. The van der Waals surface area contributed by atoms with Gasteiger partial charge in [0.25, 0.3) is 0 Å². The lowest BCUT2D eigenvalue weighted by atomic mass is 9.97. The third-order valence-corrected chi connectivity index (χ3v) is 3.22. The topological polar surface area (TPSA) is 47.8 Å². The summed E-state index contributed by atoms with van der Waals surface area (Å²) in [5, 5.41) is 8.08. The van der Waals surface area contributed by atoms with Gasteiger partial charge < -0.3 is 0 Å². The number of carbonyl (C=O) groups excluding carboxylic acids is 1. The van der Waals surface area contributed by atoms with E-state index < -0.39 is 0 Å². The van der Waals surface area contributed by atoms with Crippen molar-refractivity contribution >= 4 is 6.29 Å². The number of aromatic nitrogens is 3. The van der Waals surface area contributed by atoms with Gasteiger partial charge in [0, 0.05) is 5.92 Å². The Bertz CT molecular complexity index is 515. The van der Waals surface area contributed by atoms with Crippen LogP contribution in [0, 0.1) is 0 Å². The fourth-order valence-corrected chi connectivity index (χ4v) is 2.20. The van der Waals surface area contributed by atoms with Gasteiger partial charge >= 0.3 is 0 Å². The molecular weight excluding hydrogens is 226 g/mol. The van der Waals surface area contributed by atoms with Gasteiger partial charge in [-0.05, 0) is 25.0 Å². The van der Waals surface area contributed by atoms with Crippen molar-refractivity contribution in [3.8, 4) is 5.69 Å². The van der Waals surface area contributed by atoms with Gasteiger partial charge in [-0.1, -0.05) is 37.3 Å². The molecule has 0 aliphatic heterocycles. The highest BCUT2D eigenvalue weighted by atomic mass is 16.1. The number of hydrogen-bond acceptors (Lipinski definition) is 3. The van der Waals surface area contributed by atoms with E-state index in [1.807, 2.05) is 30.3 Å². The Morgan fingerprint density at radius 2 is 1.89 bits per heavy atom. The molecule has 1 aromatic carbocycles. The van der Waals surface area contributed by atoms with Crippen molar-refractivity contribution in [2.45, 2.75) is 32.6 Å². The van der Waals surface area contributed by atoms with Gasteiger partial charge in [-0.15, -0.1) is 5.10 Å². The van der Waals surface area contributed by atoms with Crippen molar-refractivity contribution in [3.63, 3.8) is 0 Å². The molecule has 0 aliphatic carbocycles. The van der Waals surface area contributed by atoms with Crippen LogP contribution < -0.4 is 0 Å². The lowest BCUT2D eigenvalue weighted by molar-refractivity contribution is 0.111. The fourth-order valence-electron chi connectivity index (χ4n) is 2.20. The molecule has 0 N–H and O–H groups in total. The Morgan fingerprint density at radius 3 is 2.44 bits per heavy atom. The number of aldehydes is 1. The molecule has 0 spiro atoms. The van der Waals surface area contributed by atoms with E-state index in [0.29, 0.717) is 11.6 Å². The van der Waals surface area contributed by atoms with Crippen molar-refractivity contribution in [2.24, 2.45) is 0 Å². The average Bonchev–Trinajstić information content (AvgIpc) is 2.85. The summed E-state index contributed by atoms with van der Waals surface area (Å²) in [6.07, 6.45) is 2.73. The molecule has 94 valence electrons. The molecule has 0 unspecified atom stereocenters. The van der Waals surface area contributed by atoms with E-state index in [2.05, 4.69) is 24.2 Å². The zero-order valence-corrected chi connectivity index (χ0v) is 10.7. The minimum absolute atomic E-state index is 0.306. The van der Waals surface area contributed by atoms with Crippen LogP contribution in [0.4, 0.5) is 0 Å². The minimum atomic E-state index is 0.306. The smallest absolute Gasteiger partial charge is 0.172 e. The number of nitrogens with zero attached hydrogens (tertiary/aromatic N) is 3. The summed E-state index contributed by atoms with van der Waals surface area (Å²) in [5.41, 5.74) is 2.31. The molecule has 0 saturated carbocycles. The second-order valence-corrected chi connectivity index (χ2v) is 4.24. The van der Waals surface area contributed by atoms with Gasteiger partial charge in [-0.3, -0.25) is 4.79 Å². The molecule has 0 radical (unpaired) electrons. The average molecular weight is 243 g/mol. The molecule has 4 heteroatoms. The van der Waals surface area contributed by atoms with E-state index in [1.54, 1.807) is 4.68 Å². The van der Waals surface area contributed by atoms with E-state index in [9.17, 15) is 4.79 Å². The fraction of sp³-hybridized carbons (Fsp3) is 0.357. The maximum absolute atomic E-state index is 11.1. The number of hydrogen-bond donors (Lipinski definition) is 0. The van der Waals surface area contributed by atoms with Crippen molar-refractivity contribution in [1.82, 2.24) is 15.0 Å². The molecule has 2 rings (SSSR count). The van der Waals surface area contributed by atoms with Gasteiger partial charge in [-0.25, -0.2) is 4.68 Å². The summed E-state index contributed by atoms with van der Waals surface area (Å²) in [6, 6.07) is 9.80. The Labute approximate surface area is 107 Å². The quantitative estimate of drug-likeness (QED) is 0.758. The van der Waals surface area contributed by atoms with E-state index >= 15 is 0 Å². The maximum atomic E-state index is 11.1. The summed E-state index contributed by atoms with van der Waals surface area (Å²) in [7, 11) is 0. The molecule has 0 saturated heterocycles. The molecule has 2 aromatic rings. The van der Waals surface area contributed by atoms with Crippen molar-refractivity contribution in [2.75, 3.05) is 0 Å². The summed E-state index contributed by atoms with van der Waals surface area (Å²) in [5.74, 6) is 0.306. The van der Waals surface area contributed by atoms with Crippen LogP contribution in [0.15, 0.2) is 30.3 Å². The molecule has 0 aliphatic rings. The molecule has 1 heterocycles. The SMILES string of the molecule is CCC(CC)c1c(C=O)nnn1-c1ccccc1. The van der Waals surface area contributed by atoms with Crippen molar-refractivity contribution < 1.29 is 4.79 Å². The predicted molar refractivity (Wildman–Crippen MR) is 70.1 cm³/mol. The molecule has 0 atom stereocenters. The number of carbonyl (C=O) groups is 1. The van der Waals surface area contributed by atoms with Crippen LogP contribution in [0.3, 0.4) is 0 Å². The van der Waals surface area contributed by atoms with Crippen molar-refractivity contribution in [1.29, 1.82) is 0 Å². The van der Waals surface area contributed by atoms with Gasteiger partial charge in [0.2, 0.25) is 0 Å². The Hall–Kier alpha value is -1.97. The van der Waals surface area contributed by atoms with E-state index in [1.165, 1.54) is 0 Å². The van der Waals surface area contributed by atoms with Gasteiger partial charge in [-0.2, -0.15) is 0 Å². The van der Waals surface area contributed by atoms with Gasteiger partial charge in [0.1, 0.15) is 5.69 Å². The Kier molecular flexibility index (Phi) is 3.87. The highest BCUT2D eigenvalue weighted by molar-refractivity contribution is 5.74. The van der Waals surface area contributed by atoms with Crippen molar-refractivity contribution in [3.05, 3.63) is 41.7 Å². The molecule has 0 amide bonds. The second kappa shape index (κ2) is 5.58. The molecule has 0 fully saturated rings. The van der Waals surface area contributed by atoms with E-state index in [4.69, 9.17) is 0 Å². The third-order valence-electron chi connectivity index (χ3n) is 3.22. The highest BCUT2D eigenvalue weighted by Gasteiger charge is 2.20. The lowest BCUT2D eigenvalue weighted by Crippen LogP contribution is -2.08. The van der Waals surface area contributed by atoms with Crippen LogP contribution in [0.25, 0.3) is 5.69 Å². The van der Waals surface area contributed by atoms with Crippen LogP contribution in [0.2, 0.25) is 0 Å². The minimum Gasteiger partial charge on any atom is -0.296 e. The molecule has 0 bridgehead atoms. The Morgan fingerprint density at radius 1 is 1.22 bits per heavy atom. The van der Waals surface area contributed by atoms with Crippen LogP contribution in [0.1, 0.15) is 48.8 Å². The molecule has 18 heavy (non-hydrogen) atoms. The molecule has 1 aromatic heterocycles. The first-order valence-electron chi connectivity index (χ1n) is 6.28. The van der Waals surface area contributed by atoms with Crippen LogP contribution >= 0.6 is 0 Å². The zero-order valence-electron chi connectivity index (χ0n) is 10.7. The molecule has 4 nitrogen and oxygen atoms in total. The first-order valence-corrected chi connectivity index (χ1v) is 6.28. The number of para-hydroxylation sites is 1. The normalized spacial score (nSPS) is 10.8. The monoisotopic (exact) mass is 243 g/mol. The molecular formula is C14H17N3O. The van der Waals surface area contributed by atoms with E-state index in [-0.39, 0.29) is 0 Å². The summed E-state index contributed by atoms with van der Waals surface area (Å²) in [4.78, 5) is 11.1. The Balaban J connectivity index is 2.55. The predicted octanol–water partition coefficient (Wildman–Crippen LogP) is 2.98. The van der Waals surface area contributed by atoms with Crippen LogP contribution in [0.5, 0.6) is 0 Å². The standard InChI is InChI=1S/C14H17N3O/c1-3-11(4-2)14-13(10-18)15-16-17(14)12-8-6-5-7-9-12/h5-11H,3-4H2,1-2H3. The second-order valence-electron chi connectivity index (χ2n) is 4.24. The zero-order chi connectivity index (χ0) is 13.0. The van der Waals surface area contributed by atoms with Crippen LogP contribution in [-0.4, -0.2) is 21.3 Å². The van der Waals surface area contributed by atoms with Gasteiger partial charge in [0.05, 0.1) is 11.4 Å².